The molecule has 0 saturated carbocycles. The molecule has 2 rings (SSSR count). The van der Waals surface area contributed by atoms with Crippen LogP contribution in [-0.4, -0.2) is 39.9 Å². The first-order chi connectivity index (χ1) is 8.61. The monoisotopic (exact) mass is 248 g/mol. The lowest BCUT2D eigenvalue weighted by Gasteiger charge is -2.15. The number of aryl methyl sites for hydroxylation is 1. The van der Waals surface area contributed by atoms with Crippen LogP contribution in [0.4, 0.5) is 0 Å². The average molecular weight is 248 g/mol. The second kappa shape index (κ2) is 5.44. The lowest BCUT2D eigenvalue weighted by molar-refractivity contribution is 0.0779. The van der Waals surface area contributed by atoms with Gasteiger partial charge < -0.3 is 10.6 Å². The molecule has 2 N–H and O–H groups in total. The van der Waals surface area contributed by atoms with Crippen molar-refractivity contribution in [2.45, 2.75) is 32.7 Å². The summed E-state index contributed by atoms with van der Waals surface area (Å²) in [6, 6.07) is 0.0901. The fourth-order valence-electron chi connectivity index (χ4n) is 2.40. The van der Waals surface area contributed by atoms with E-state index in [2.05, 4.69) is 16.9 Å². The maximum atomic E-state index is 12.2. The van der Waals surface area contributed by atoms with E-state index in [9.17, 15) is 4.79 Å². The maximum absolute atomic E-state index is 12.2. The zero-order chi connectivity index (χ0) is 13.1. The number of carbonyl (C=O) groups is 1. The van der Waals surface area contributed by atoms with Crippen LogP contribution in [0.25, 0.3) is 0 Å². The molecule has 0 unspecified atom stereocenters. The highest BCUT2D eigenvalue weighted by Crippen LogP contribution is 2.21. The van der Waals surface area contributed by atoms with E-state index in [-0.39, 0.29) is 11.9 Å². The summed E-state index contributed by atoms with van der Waals surface area (Å²) < 4.78 is 0. The Balaban J connectivity index is 2.04. The van der Waals surface area contributed by atoms with E-state index >= 15 is 0 Å². The summed E-state index contributed by atoms with van der Waals surface area (Å²) in [7, 11) is 0. The number of hydrogen-bond acceptors (Lipinski definition) is 4. The first-order valence-electron chi connectivity index (χ1n) is 6.45. The number of hydrogen-bond donors (Lipinski definition) is 1. The van der Waals surface area contributed by atoms with Gasteiger partial charge in [-0.2, -0.15) is 0 Å². The van der Waals surface area contributed by atoms with Crippen molar-refractivity contribution in [1.29, 1.82) is 0 Å². The highest BCUT2D eigenvalue weighted by Gasteiger charge is 2.33. The van der Waals surface area contributed by atoms with Crippen molar-refractivity contribution in [3.05, 3.63) is 23.8 Å². The lowest BCUT2D eigenvalue weighted by Crippen LogP contribution is -2.32. The number of carbonyl (C=O) groups excluding carboxylic acids is 1. The summed E-state index contributed by atoms with van der Waals surface area (Å²) in [4.78, 5) is 22.2. The van der Waals surface area contributed by atoms with Crippen molar-refractivity contribution in [3.63, 3.8) is 0 Å². The van der Waals surface area contributed by atoms with Gasteiger partial charge in [0.15, 0.2) is 0 Å². The minimum absolute atomic E-state index is 0.0587. The molecule has 98 valence electrons. The Morgan fingerprint density at radius 3 is 2.83 bits per heavy atom. The van der Waals surface area contributed by atoms with Crippen LogP contribution < -0.4 is 5.73 Å². The molecular formula is C13H20N4O. The second-order valence-corrected chi connectivity index (χ2v) is 4.97. The number of nitrogens with zero attached hydrogens (tertiary/aromatic N) is 3. The Labute approximate surface area is 107 Å². The number of rotatable bonds is 3. The van der Waals surface area contributed by atoms with Crippen molar-refractivity contribution in [2.24, 2.45) is 11.7 Å². The maximum Gasteiger partial charge on any atom is 0.274 e. The number of aromatic nitrogens is 2. The SMILES string of the molecule is CCC[C@@H]1CN(C(=O)c2cnc(C)cn2)C[C@H]1N. The lowest BCUT2D eigenvalue weighted by atomic mass is 9.99. The van der Waals surface area contributed by atoms with Gasteiger partial charge in [-0.15, -0.1) is 0 Å². The van der Waals surface area contributed by atoms with Gasteiger partial charge >= 0.3 is 0 Å². The molecule has 0 spiro atoms. The van der Waals surface area contributed by atoms with Crippen molar-refractivity contribution < 1.29 is 4.79 Å². The molecule has 1 saturated heterocycles. The van der Waals surface area contributed by atoms with E-state index in [1.807, 2.05) is 6.92 Å². The molecule has 2 heterocycles. The third-order valence-electron chi connectivity index (χ3n) is 3.44. The average Bonchev–Trinajstić information content (AvgIpc) is 2.72. The van der Waals surface area contributed by atoms with E-state index in [0.29, 0.717) is 18.2 Å². The van der Waals surface area contributed by atoms with Crippen LogP contribution in [0.15, 0.2) is 12.4 Å². The Bertz CT molecular complexity index is 418. The van der Waals surface area contributed by atoms with Crippen LogP contribution in [0.5, 0.6) is 0 Å². The van der Waals surface area contributed by atoms with Crippen LogP contribution in [-0.2, 0) is 0 Å². The molecule has 18 heavy (non-hydrogen) atoms. The van der Waals surface area contributed by atoms with Crippen LogP contribution in [0.2, 0.25) is 0 Å². The van der Waals surface area contributed by atoms with Gasteiger partial charge in [0, 0.05) is 25.3 Å². The molecule has 5 heteroatoms. The summed E-state index contributed by atoms with van der Waals surface area (Å²) in [5, 5.41) is 0. The molecule has 1 aliphatic heterocycles. The van der Waals surface area contributed by atoms with Gasteiger partial charge in [0.05, 0.1) is 11.9 Å². The van der Waals surface area contributed by atoms with Crippen LogP contribution >= 0.6 is 0 Å². The fourth-order valence-corrected chi connectivity index (χ4v) is 2.40. The van der Waals surface area contributed by atoms with Gasteiger partial charge in [-0.05, 0) is 19.3 Å². The minimum Gasteiger partial charge on any atom is -0.335 e. The summed E-state index contributed by atoms with van der Waals surface area (Å²) in [6.45, 7) is 5.36. The van der Waals surface area contributed by atoms with Gasteiger partial charge in [-0.1, -0.05) is 13.3 Å². The second-order valence-electron chi connectivity index (χ2n) is 4.97. The topological polar surface area (TPSA) is 72.1 Å². The molecule has 1 aromatic rings. The van der Waals surface area contributed by atoms with E-state index in [1.54, 1.807) is 11.1 Å². The zero-order valence-corrected chi connectivity index (χ0v) is 11.0. The van der Waals surface area contributed by atoms with Crippen molar-refractivity contribution in [2.75, 3.05) is 13.1 Å². The van der Waals surface area contributed by atoms with E-state index in [0.717, 1.165) is 25.1 Å². The summed E-state index contributed by atoms with van der Waals surface area (Å²) in [6.07, 6.45) is 5.33. The Morgan fingerprint density at radius 2 is 2.22 bits per heavy atom. The van der Waals surface area contributed by atoms with Crippen LogP contribution in [0, 0.1) is 12.8 Å². The van der Waals surface area contributed by atoms with E-state index in [4.69, 9.17) is 5.73 Å². The standard InChI is InChI=1S/C13H20N4O/c1-3-4-10-7-17(8-11(10)14)13(18)12-6-15-9(2)5-16-12/h5-6,10-11H,3-4,7-8,14H2,1-2H3/t10-,11-/m1/s1. The van der Waals surface area contributed by atoms with Gasteiger partial charge in [-0.25, -0.2) is 4.98 Å². The number of nitrogens with two attached hydrogens (primary N) is 1. The summed E-state index contributed by atoms with van der Waals surface area (Å²) >= 11 is 0. The minimum atomic E-state index is -0.0587. The molecule has 1 fully saturated rings. The smallest absolute Gasteiger partial charge is 0.274 e. The molecule has 0 radical (unpaired) electrons. The summed E-state index contributed by atoms with van der Waals surface area (Å²) in [5.74, 6) is 0.355. The highest BCUT2D eigenvalue weighted by atomic mass is 16.2. The van der Waals surface area contributed by atoms with Crippen molar-refractivity contribution in [3.8, 4) is 0 Å². The zero-order valence-electron chi connectivity index (χ0n) is 11.0. The molecule has 0 aromatic carbocycles. The van der Waals surface area contributed by atoms with E-state index in [1.165, 1.54) is 6.20 Å². The molecule has 5 nitrogen and oxygen atoms in total. The molecule has 2 atom stereocenters. The largest absolute Gasteiger partial charge is 0.335 e. The van der Waals surface area contributed by atoms with Crippen LogP contribution in [0.1, 0.15) is 35.9 Å². The van der Waals surface area contributed by atoms with Gasteiger partial charge in [0.2, 0.25) is 0 Å². The number of amides is 1. The normalized spacial score (nSPS) is 23.4. The first-order valence-corrected chi connectivity index (χ1v) is 6.45. The molecule has 0 bridgehead atoms. The van der Waals surface area contributed by atoms with Gasteiger partial charge in [0.25, 0.3) is 5.91 Å². The van der Waals surface area contributed by atoms with Crippen molar-refractivity contribution >= 4 is 5.91 Å². The molecular weight excluding hydrogens is 228 g/mol. The quantitative estimate of drug-likeness (QED) is 0.865. The predicted molar refractivity (Wildman–Crippen MR) is 69.0 cm³/mol. The Hall–Kier alpha value is -1.49. The summed E-state index contributed by atoms with van der Waals surface area (Å²) in [5.41, 5.74) is 7.29. The van der Waals surface area contributed by atoms with Gasteiger partial charge in [-0.3, -0.25) is 9.78 Å². The van der Waals surface area contributed by atoms with Crippen molar-refractivity contribution in [1.82, 2.24) is 14.9 Å². The molecule has 1 amide bonds. The molecule has 1 aliphatic rings. The Morgan fingerprint density at radius 1 is 1.44 bits per heavy atom. The number of likely N-dealkylation sites (tertiary alicyclic amines) is 1. The van der Waals surface area contributed by atoms with Gasteiger partial charge in [0.1, 0.15) is 5.69 Å². The third-order valence-corrected chi connectivity index (χ3v) is 3.44. The van der Waals surface area contributed by atoms with E-state index < -0.39 is 0 Å². The fraction of sp³-hybridized carbons (Fsp3) is 0.615. The Kier molecular flexibility index (Phi) is 3.91. The predicted octanol–water partition coefficient (Wildman–Crippen LogP) is 0.984. The molecule has 0 aliphatic carbocycles. The molecule has 1 aromatic heterocycles. The first kappa shape index (κ1) is 13.0. The third kappa shape index (κ3) is 2.67. The van der Waals surface area contributed by atoms with Crippen LogP contribution in [0.3, 0.4) is 0 Å². The highest BCUT2D eigenvalue weighted by molar-refractivity contribution is 5.92.